The number of amides is 2. The Hall–Kier alpha value is -4.91. The molecule has 11 nitrogen and oxygen atoms in total. The predicted octanol–water partition coefficient (Wildman–Crippen LogP) is 3.05. The maximum absolute atomic E-state index is 15.0. The van der Waals surface area contributed by atoms with E-state index in [4.69, 9.17) is 18.6 Å². The second-order valence-corrected chi connectivity index (χ2v) is 11.0. The number of hydrogen-bond donors (Lipinski definition) is 4. The highest BCUT2D eigenvalue weighted by Gasteiger charge is 2.51. The molecule has 0 radical (unpaired) electrons. The maximum atomic E-state index is 15.0. The molecule has 4 unspecified atom stereocenters. The summed E-state index contributed by atoms with van der Waals surface area (Å²) in [6, 6.07) is 14.7. The standard InChI is InChI=1S/C34H33FN2O9/c1-43-25-9-5-7-19-14-27(45-30(19)25)34(42)37(16-20-6-3-4-8-23(20)35)24-15-22(33(41)36-10-11-38)28-21-12-18(17-39)13-26(44-2)31(21)46-32(28)29(24)40/h3-9,12-15,24,28-29,32,38-40H,10-11,16-17H2,1-2H3,(H,36,41). The van der Waals surface area contributed by atoms with E-state index in [0.717, 1.165) is 0 Å². The van der Waals surface area contributed by atoms with Gasteiger partial charge in [0.15, 0.2) is 28.6 Å². The minimum absolute atomic E-state index is 0.0484. The summed E-state index contributed by atoms with van der Waals surface area (Å²) in [5.41, 5.74) is 1.67. The average molecular weight is 633 g/mol. The molecule has 0 saturated carbocycles. The van der Waals surface area contributed by atoms with Crippen LogP contribution in [0.5, 0.6) is 17.2 Å². The molecule has 6 rings (SSSR count). The number of ether oxygens (including phenoxy) is 3. The Labute approximate surface area is 263 Å². The van der Waals surface area contributed by atoms with Crippen molar-refractivity contribution in [3.05, 3.63) is 101 Å². The fourth-order valence-electron chi connectivity index (χ4n) is 6.19. The summed E-state index contributed by atoms with van der Waals surface area (Å²) < 4.78 is 38.2. The summed E-state index contributed by atoms with van der Waals surface area (Å²) in [6.07, 6.45) is -1.02. The third-order valence-corrected chi connectivity index (χ3v) is 8.35. The van der Waals surface area contributed by atoms with E-state index in [0.29, 0.717) is 33.6 Å². The van der Waals surface area contributed by atoms with Crippen LogP contribution in [0.3, 0.4) is 0 Å². The molecule has 46 heavy (non-hydrogen) atoms. The van der Waals surface area contributed by atoms with E-state index in [9.17, 15) is 24.9 Å². The second kappa shape index (κ2) is 12.8. The summed E-state index contributed by atoms with van der Waals surface area (Å²) in [7, 11) is 2.91. The van der Waals surface area contributed by atoms with E-state index >= 15 is 4.39 Å². The van der Waals surface area contributed by atoms with Gasteiger partial charge in [0, 0.05) is 35.2 Å². The van der Waals surface area contributed by atoms with Crippen molar-refractivity contribution in [3.8, 4) is 17.2 Å². The molecule has 0 bridgehead atoms. The van der Waals surface area contributed by atoms with Gasteiger partial charge in [-0.05, 0) is 42.0 Å². The Morgan fingerprint density at radius 2 is 1.80 bits per heavy atom. The molecule has 2 aliphatic rings. The zero-order chi connectivity index (χ0) is 32.5. The van der Waals surface area contributed by atoms with Gasteiger partial charge in [0.25, 0.3) is 5.91 Å². The van der Waals surface area contributed by atoms with Crippen LogP contribution >= 0.6 is 0 Å². The van der Waals surface area contributed by atoms with Crippen molar-refractivity contribution in [2.24, 2.45) is 0 Å². The maximum Gasteiger partial charge on any atom is 0.290 e. The molecule has 12 heteroatoms. The van der Waals surface area contributed by atoms with Crippen LogP contribution in [0.2, 0.25) is 0 Å². The first kappa shape index (κ1) is 31.1. The number of para-hydroxylation sites is 1. The Morgan fingerprint density at radius 1 is 1.02 bits per heavy atom. The van der Waals surface area contributed by atoms with Gasteiger partial charge in [-0.1, -0.05) is 30.3 Å². The van der Waals surface area contributed by atoms with Crippen molar-refractivity contribution in [3.63, 3.8) is 0 Å². The van der Waals surface area contributed by atoms with Crippen LogP contribution in [0.1, 0.15) is 33.2 Å². The zero-order valence-electron chi connectivity index (χ0n) is 25.1. The van der Waals surface area contributed by atoms with E-state index in [1.54, 1.807) is 36.4 Å². The van der Waals surface area contributed by atoms with Crippen molar-refractivity contribution >= 4 is 22.8 Å². The summed E-state index contributed by atoms with van der Waals surface area (Å²) in [5.74, 6) is -1.71. The largest absolute Gasteiger partial charge is 0.493 e. The summed E-state index contributed by atoms with van der Waals surface area (Å²) in [4.78, 5) is 29.2. The Bertz CT molecular complexity index is 1820. The lowest BCUT2D eigenvalue weighted by Gasteiger charge is -2.40. The molecule has 1 aliphatic carbocycles. The first-order valence-corrected chi connectivity index (χ1v) is 14.7. The molecule has 2 heterocycles. The van der Waals surface area contributed by atoms with Gasteiger partial charge in [0.2, 0.25) is 5.91 Å². The number of nitrogens with one attached hydrogen (secondary N) is 1. The molecular weight excluding hydrogens is 599 g/mol. The molecule has 240 valence electrons. The van der Waals surface area contributed by atoms with Gasteiger partial charge in [0.05, 0.1) is 39.4 Å². The number of methoxy groups -OCH3 is 2. The smallest absolute Gasteiger partial charge is 0.290 e. The lowest BCUT2D eigenvalue weighted by molar-refractivity contribution is -0.118. The van der Waals surface area contributed by atoms with Crippen molar-refractivity contribution < 1.29 is 47.9 Å². The molecule has 1 aromatic heterocycles. The van der Waals surface area contributed by atoms with E-state index in [1.807, 2.05) is 0 Å². The van der Waals surface area contributed by atoms with Crippen LogP contribution in [0, 0.1) is 5.82 Å². The summed E-state index contributed by atoms with van der Waals surface area (Å²) in [6.45, 7) is -0.962. The van der Waals surface area contributed by atoms with Gasteiger partial charge in [-0.25, -0.2) is 4.39 Å². The zero-order valence-corrected chi connectivity index (χ0v) is 25.1. The molecule has 2 amide bonds. The number of fused-ring (bicyclic) bond motifs is 4. The van der Waals surface area contributed by atoms with E-state index in [-0.39, 0.29) is 48.9 Å². The number of hydrogen-bond acceptors (Lipinski definition) is 9. The monoisotopic (exact) mass is 632 g/mol. The molecule has 4 N–H and O–H groups in total. The van der Waals surface area contributed by atoms with Crippen LogP contribution in [-0.4, -0.2) is 77.7 Å². The van der Waals surface area contributed by atoms with E-state index in [2.05, 4.69) is 5.32 Å². The number of nitrogens with zero attached hydrogens (tertiary/aromatic N) is 1. The number of aliphatic hydroxyl groups excluding tert-OH is 3. The lowest BCUT2D eigenvalue weighted by atomic mass is 9.77. The normalized spacial score (nSPS) is 19.9. The van der Waals surface area contributed by atoms with Crippen LogP contribution in [-0.2, 0) is 17.9 Å². The van der Waals surface area contributed by atoms with Crippen molar-refractivity contribution in [2.75, 3.05) is 27.4 Å². The molecule has 0 fully saturated rings. The molecule has 4 atom stereocenters. The van der Waals surface area contributed by atoms with Gasteiger partial charge in [-0.2, -0.15) is 0 Å². The van der Waals surface area contributed by atoms with Gasteiger partial charge in [-0.3, -0.25) is 9.59 Å². The number of aliphatic hydroxyl groups is 3. The van der Waals surface area contributed by atoms with Gasteiger partial charge >= 0.3 is 0 Å². The number of rotatable bonds is 10. The number of carbonyl (C=O) groups excluding carboxylic acids is 2. The number of halogens is 1. The van der Waals surface area contributed by atoms with Crippen LogP contribution in [0.15, 0.2) is 76.7 Å². The van der Waals surface area contributed by atoms with E-state index < -0.39 is 41.8 Å². The lowest BCUT2D eigenvalue weighted by Crippen LogP contribution is -2.55. The highest BCUT2D eigenvalue weighted by atomic mass is 19.1. The molecule has 0 spiro atoms. The van der Waals surface area contributed by atoms with Gasteiger partial charge in [0.1, 0.15) is 18.0 Å². The highest BCUT2D eigenvalue weighted by Crippen LogP contribution is 2.51. The minimum Gasteiger partial charge on any atom is -0.493 e. The Balaban J connectivity index is 1.49. The molecular formula is C34H33FN2O9. The third-order valence-electron chi connectivity index (χ3n) is 8.35. The minimum atomic E-state index is -1.41. The summed E-state index contributed by atoms with van der Waals surface area (Å²) >= 11 is 0. The topological polar surface area (TPSA) is 151 Å². The quantitative estimate of drug-likeness (QED) is 0.207. The SMILES string of the molecule is COc1cc(CO)cc2c1OC1C2C(C(=O)NCCO)=CC(N(Cc2ccccc2F)C(=O)c2cc3cccc(OC)c3o2)C1O. The van der Waals surface area contributed by atoms with Gasteiger partial charge < -0.3 is 44.2 Å². The molecule has 1 aliphatic heterocycles. The Morgan fingerprint density at radius 3 is 2.52 bits per heavy atom. The molecule has 0 saturated heterocycles. The Kier molecular flexibility index (Phi) is 8.67. The number of carbonyl (C=O) groups is 2. The predicted molar refractivity (Wildman–Crippen MR) is 163 cm³/mol. The fraction of sp³-hybridized carbons (Fsp3) is 0.294. The van der Waals surface area contributed by atoms with Crippen molar-refractivity contribution in [1.82, 2.24) is 10.2 Å². The van der Waals surface area contributed by atoms with E-state index in [1.165, 1.54) is 49.5 Å². The average Bonchev–Trinajstić information content (AvgIpc) is 3.69. The third kappa shape index (κ3) is 5.44. The van der Waals surface area contributed by atoms with Crippen molar-refractivity contribution in [1.29, 1.82) is 0 Å². The highest BCUT2D eigenvalue weighted by molar-refractivity contribution is 5.99. The molecule has 4 aromatic rings. The first-order valence-electron chi connectivity index (χ1n) is 14.7. The van der Waals surface area contributed by atoms with Crippen LogP contribution in [0.25, 0.3) is 11.0 Å². The number of benzene rings is 3. The first-order chi connectivity index (χ1) is 22.3. The van der Waals surface area contributed by atoms with Crippen molar-refractivity contribution in [2.45, 2.75) is 37.3 Å². The van der Waals surface area contributed by atoms with Crippen LogP contribution in [0.4, 0.5) is 4.39 Å². The summed E-state index contributed by atoms with van der Waals surface area (Å²) in [5, 5.41) is 34.5. The number of furan rings is 1. The van der Waals surface area contributed by atoms with Gasteiger partial charge in [-0.15, -0.1) is 0 Å². The molecule has 3 aromatic carbocycles. The second-order valence-electron chi connectivity index (χ2n) is 11.0. The van der Waals surface area contributed by atoms with Crippen LogP contribution < -0.4 is 19.5 Å². The fourth-order valence-corrected chi connectivity index (χ4v) is 6.19.